The van der Waals surface area contributed by atoms with Gasteiger partial charge in [0.25, 0.3) is 5.91 Å². The number of aromatic hydroxyl groups is 1. The highest BCUT2D eigenvalue weighted by molar-refractivity contribution is 5.97. The van der Waals surface area contributed by atoms with Gasteiger partial charge >= 0.3 is 0 Å². The lowest BCUT2D eigenvalue weighted by atomic mass is 10.1. The van der Waals surface area contributed by atoms with E-state index in [0.717, 1.165) is 26.1 Å². The van der Waals surface area contributed by atoms with Gasteiger partial charge in [-0.25, -0.2) is 0 Å². The molecule has 0 saturated carbocycles. The van der Waals surface area contributed by atoms with Crippen LogP contribution in [0.4, 0.5) is 0 Å². The number of phenols is 1. The van der Waals surface area contributed by atoms with E-state index in [0.29, 0.717) is 11.3 Å². The average Bonchev–Trinajstić information content (AvgIpc) is 2.58. The molecule has 0 radical (unpaired) electrons. The molecule has 1 aliphatic heterocycles. The van der Waals surface area contributed by atoms with E-state index in [4.69, 9.17) is 4.74 Å². The third-order valence-electron chi connectivity index (χ3n) is 3.74. The zero-order valence-corrected chi connectivity index (χ0v) is 12.3. The lowest BCUT2D eigenvalue weighted by molar-refractivity contribution is 0.0693. The van der Waals surface area contributed by atoms with Crippen LogP contribution in [0.25, 0.3) is 0 Å². The fourth-order valence-corrected chi connectivity index (χ4v) is 2.65. The van der Waals surface area contributed by atoms with Gasteiger partial charge in [0.1, 0.15) is 11.5 Å². The van der Waals surface area contributed by atoms with Crippen LogP contribution in [0.5, 0.6) is 11.5 Å². The van der Waals surface area contributed by atoms with E-state index in [-0.39, 0.29) is 17.7 Å². The number of hydrogen-bond donors (Lipinski definition) is 1. The summed E-state index contributed by atoms with van der Waals surface area (Å²) >= 11 is 0. The number of carbonyl (C=O) groups is 1. The van der Waals surface area contributed by atoms with Gasteiger partial charge in [0.15, 0.2) is 0 Å². The van der Waals surface area contributed by atoms with Gasteiger partial charge in [-0.05, 0) is 39.1 Å². The standard InChI is InChI=1S/C15H22N2O3/c1-11-10-16(2)7-4-8-17(11)15(19)13-6-5-12(20-3)9-14(13)18/h5-6,9,11,18H,4,7-8,10H2,1-3H3. The number of carbonyl (C=O) groups excluding carboxylic acids is 1. The molecule has 2 rings (SSSR count). The number of nitrogens with zero attached hydrogens (tertiary/aromatic N) is 2. The summed E-state index contributed by atoms with van der Waals surface area (Å²) in [4.78, 5) is 16.7. The predicted octanol–water partition coefficient (Wildman–Crippen LogP) is 1.57. The molecular formula is C15H22N2O3. The fraction of sp³-hybridized carbons (Fsp3) is 0.533. The first-order valence-corrected chi connectivity index (χ1v) is 6.89. The molecule has 0 aliphatic carbocycles. The highest BCUT2D eigenvalue weighted by Gasteiger charge is 2.26. The molecule has 1 N–H and O–H groups in total. The number of likely N-dealkylation sites (N-methyl/N-ethyl adjacent to an activating group) is 1. The van der Waals surface area contributed by atoms with Crippen molar-refractivity contribution in [2.75, 3.05) is 33.8 Å². The molecule has 1 heterocycles. The number of amides is 1. The summed E-state index contributed by atoms with van der Waals surface area (Å²) in [5.74, 6) is 0.398. The van der Waals surface area contributed by atoms with Crippen molar-refractivity contribution < 1.29 is 14.6 Å². The molecule has 0 aromatic heterocycles. The second-order valence-electron chi connectivity index (χ2n) is 5.35. The smallest absolute Gasteiger partial charge is 0.257 e. The van der Waals surface area contributed by atoms with E-state index in [9.17, 15) is 9.90 Å². The molecular weight excluding hydrogens is 256 g/mol. The van der Waals surface area contributed by atoms with E-state index < -0.39 is 0 Å². The van der Waals surface area contributed by atoms with Crippen LogP contribution in [0.2, 0.25) is 0 Å². The van der Waals surface area contributed by atoms with Gasteiger partial charge in [-0.3, -0.25) is 4.79 Å². The van der Waals surface area contributed by atoms with E-state index in [1.165, 1.54) is 13.2 Å². The molecule has 1 saturated heterocycles. The largest absolute Gasteiger partial charge is 0.507 e. The normalized spacial score (nSPS) is 20.6. The molecule has 0 bridgehead atoms. The third-order valence-corrected chi connectivity index (χ3v) is 3.74. The minimum absolute atomic E-state index is 0.0286. The number of hydrogen-bond acceptors (Lipinski definition) is 4. The van der Waals surface area contributed by atoms with Crippen molar-refractivity contribution in [3.63, 3.8) is 0 Å². The Kier molecular flexibility index (Phi) is 4.49. The van der Waals surface area contributed by atoms with Gasteiger partial charge in [0.05, 0.1) is 12.7 Å². The van der Waals surface area contributed by atoms with Crippen LogP contribution in [-0.4, -0.2) is 60.6 Å². The van der Waals surface area contributed by atoms with E-state index in [1.54, 1.807) is 12.1 Å². The Bertz CT molecular complexity index is 490. The Morgan fingerprint density at radius 2 is 2.15 bits per heavy atom. The second kappa shape index (κ2) is 6.13. The summed E-state index contributed by atoms with van der Waals surface area (Å²) in [6, 6.07) is 4.93. The first-order valence-electron chi connectivity index (χ1n) is 6.89. The maximum atomic E-state index is 12.6. The van der Waals surface area contributed by atoms with Crippen molar-refractivity contribution in [1.29, 1.82) is 0 Å². The van der Waals surface area contributed by atoms with Gasteiger partial charge in [-0.15, -0.1) is 0 Å². The molecule has 1 unspecified atom stereocenters. The van der Waals surface area contributed by atoms with Crippen LogP contribution in [0.3, 0.4) is 0 Å². The fourth-order valence-electron chi connectivity index (χ4n) is 2.65. The Labute approximate surface area is 119 Å². The third kappa shape index (κ3) is 3.04. The summed E-state index contributed by atoms with van der Waals surface area (Å²) in [5.41, 5.74) is 0.335. The van der Waals surface area contributed by atoms with Crippen molar-refractivity contribution in [3.8, 4) is 11.5 Å². The SMILES string of the molecule is COc1ccc(C(=O)N2CCCN(C)CC2C)c(O)c1. The highest BCUT2D eigenvalue weighted by Crippen LogP contribution is 2.25. The molecule has 1 atom stereocenters. The van der Waals surface area contributed by atoms with Crippen LogP contribution in [0.1, 0.15) is 23.7 Å². The minimum atomic E-state index is -0.118. The Morgan fingerprint density at radius 1 is 1.40 bits per heavy atom. The Hall–Kier alpha value is -1.75. The predicted molar refractivity (Wildman–Crippen MR) is 77.3 cm³/mol. The first kappa shape index (κ1) is 14.7. The lowest BCUT2D eigenvalue weighted by Crippen LogP contribution is -2.42. The zero-order valence-electron chi connectivity index (χ0n) is 12.3. The Morgan fingerprint density at radius 3 is 2.80 bits per heavy atom. The van der Waals surface area contributed by atoms with Gasteiger partial charge in [0, 0.05) is 25.2 Å². The number of benzene rings is 1. The quantitative estimate of drug-likeness (QED) is 0.892. The second-order valence-corrected chi connectivity index (χ2v) is 5.35. The maximum Gasteiger partial charge on any atom is 0.257 e. The number of ether oxygens (including phenoxy) is 1. The van der Waals surface area contributed by atoms with E-state index in [2.05, 4.69) is 11.9 Å². The molecule has 1 aromatic carbocycles. The van der Waals surface area contributed by atoms with Gasteiger partial charge in [-0.1, -0.05) is 0 Å². The molecule has 1 aromatic rings. The monoisotopic (exact) mass is 278 g/mol. The topological polar surface area (TPSA) is 53.0 Å². The van der Waals surface area contributed by atoms with Crippen LogP contribution in [0, 0.1) is 0 Å². The maximum absolute atomic E-state index is 12.6. The number of phenolic OH excluding ortho intramolecular Hbond substituents is 1. The Balaban J connectivity index is 2.21. The number of rotatable bonds is 2. The zero-order chi connectivity index (χ0) is 14.7. The molecule has 1 amide bonds. The van der Waals surface area contributed by atoms with Gasteiger partial charge in [-0.2, -0.15) is 0 Å². The molecule has 5 heteroatoms. The van der Waals surface area contributed by atoms with Crippen molar-refractivity contribution in [1.82, 2.24) is 9.80 Å². The van der Waals surface area contributed by atoms with Gasteiger partial charge < -0.3 is 19.6 Å². The van der Waals surface area contributed by atoms with Crippen molar-refractivity contribution in [2.45, 2.75) is 19.4 Å². The summed E-state index contributed by atoms with van der Waals surface area (Å²) in [6.07, 6.45) is 0.948. The molecule has 1 aliphatic rings. The summed E-state index contributed by atoms with van der Waals surface area (Å²) < 4.78 is 5.04. The molecule has 20 heavy (non-hydrogen) atoms. The van der Waals surface area contributed by atoms with Crippen LogP contribution >= 0.6 is 0 Å². The van der Waals surface area contributed by atoms with Crippen LogP contribution in [-0.2, 0) is 0 Å². The molecule has 5 nitrogen and oxygen atoms in total. The van der Waals surface area contributed by atoms with Crippen molar-refractivity contribution >= 4 is 5.91 Å². The molecule has 110 valence electrons. The number of methoxy groups -OCH3 is 1. The van der Waals surface area contributed by atoms with Crippen molar-refractivity contribution in [2.24, 2.45) is 0 Å². The van der Waals surface area contributed by atoms with Crippen molar-refractivity contribution in [3.05, 3.63) is 23.8 Å². The molecule has 1 fully saturated rings. The average molecular weight is 278 g/mol. The van der Waals surface area contributed by atoms with E-state index in [1.807, 2.05) is 11.8 Å². The van der Waals surface area contributed by atoms with Crippen LogP contribution < -0.4 is 4.74 Å². The first-order chi connectivity index (χ1) is 9.52. The highest BCUT2D eigenvalue weighted by atomic mass is 16.5. The summed E-state index contributed by atoms with van der Waals surface area (Å²) in [7, 11) is 3.60. The van der Waals surface area contributed by atoms with E-state index >= 15 is 0 Å². The summed E-state index contributed by atoms with van der Waals surface area (Å²) in [5, 5.41) is 9.99. The lowest BCUT2D eigenvalue weighted by Gasteiger charge is -2.28. The van der Waals surface area contributed by atoms with Crippen LogP contribution in [0.15, 0.2) is 18.2 Å². The summed E-state index contributed by atoms with van der Waals surface area (Å²) in [6.45, 7) is 4.60. The molecule has 0 spiro atoms. The minimum Gasteiger partial charge on any atom is -0.507 e. The van der Waals surface area contributed by atoms with Gasteiger partial charge in [0.2, 0.25) is 0 Å².